The molecule has 0 aliphatic carbocycles. The van der Waals surface area contributed by atoms with E-state index < -0.39 is 0 Å². The number of H-pyrrole nitrogens is 1. The van der Waals surface area contributed by atoms with Gasteiger partial charge in [0.25, 0.3) is 4.80 Å². The lowest BCUT2D eigenvalue weighted by Gasteiger charge is -1.90. The van der Waals surface area contributed by atoms with E-state index in [1.807, 2.05) is 0 Å². The Labute approximate surface area is 80.9 Å². The van der Waals surface area contributed by atoms with Gasteiger partial charge in [-0.1, -0.05) is 0 Å². The van der Waals surface area contributed by atoms with Gasteiger partial charge in [0.1, 0.15) is 0 Å². The van der Waals surface area contributed by atoms with Gasteiger partial charge in [-0.15, -0.1) is 10.2 Å². The van der Waals surface area contributed by atoms with Crippen LogP contribution < -0.4 is 5.56 Å². The van der Waals surface area contributed by atoms with Gasteiger partial charge in [0, 0.05) is 28.2 Å². The largest absolute Gasteiger partial charge is 0.411 e. The fourth-order valence-electron chi connectivity index (χ4n) is 0.866. The average Bonchev–Trinajstić information content (AvgIpc) is 2.53. The molecule has 2 aromatic rings. The lowest BCUT2D eigenvalue weighted by molar-refractivity contribution is 0.540. The normalized spacial score (nSPS) is 10.2. The summed E-state index contributed by atoms with van der Waals surface area (Å²) < 4.78 is 5.08. The minimum atomic E-state index is -0.165. The second-order valence-electron chi connectivity index (χ2n) is 2.30. The first kappa shape index (κ1) is 8.18. The fourth-order valence-corrected chi connectivity index (χ4v) is 1.10. The van der Waals surface area contributed by atoms with E-state index >= 15 is 0 Å². The summed E-state index contributed by atoms with van der Waals surface area (Å²) in [6.07, 6.45) is 1.52. The highest BCUT2D eigenvalue weighted by Gasteiger charge is 2.05. The Morgan fingerprint density at radius 1 is 1.38 bits per heavy atom. The van der Waals surface area contributed by atoms with Crippen LogP contribution in [-0.4, -0.2) is 15.2 Å². The van der Waals surface area contributed by atoms with E-state index in [0.717, 1.165) is 0 Å². The van der Waals surface area contributed by atoms with E-state index in [2.05, 4.69) is 31.1 Å². The molecule has 0 aliphatic rings. The number of nitrogens with zero attached hydrogens (tertiary/aromatic N) is 2. The van der Waals surface area contributed by atoms with E-state index in [1.165, 1.54) is 12.3 Å². The molecule has 1 N–H and O–H groups in total. The predicted molar refractivity (Wildman–Crippen MR) is 48.1 cm³/mol. The number of halogens is 1. The number of nitrogens with one attached hydrogen (secondary N) is 1. The summed E-state index contributed by atoms with van der Waals surface area (Å²) in [5.74, 6) is 0.364. The zero-order valence-electron chi connectivity index (χ0n) is 6.32. The molecular formula is C7H4BrN3O2. The van der Waals surface area contributed by atoms with Gasteiger partial charge in [0.05, 0.1) is 5.56 Å². The van der Waals surface area contributed by atoms with Crippen molar-refractivity contribution in [3.8, 4) is 11.5 Å². The van der Waals surface area contributed by atoms with Gasteiger partial charge < -0.3 is 9.40 Å². The second kappa shape index (κ2) is 3.14. The zero-order chi connectivity index (χ0) is 9.26. The van der Waals surface area contributed by atoms with Crippen LogP contribution in [0.2, 0.25) is 0 Å². The van der Waals surface area contributed by atoms with Crippen molar-refractivity contribution < 1.29 is 4.42 Å². The molecule has 66 valence electrons. The minimum Gasteiger partial charge on any atom is -0.411 e. The van der Waals surface area contributed by atoms with E-state index in [9.17, 15) is 4.79 Å². The molecule has 2 heterocycles. The monoisotopic (exact) mass is 241 g/mol. The molecule has 0 aliphatic heterocycles. The van der Waals surface area contributed by atoms with Crippen molar-refractivity contribution in [3.63, 3.8) is 0 Å². The van der Waals surface area contributed by atoms with Gasteiger partial charge in [-0.3, -0.25) is 4.79 Å². The van der Waals surface area contributed by atoms with Crippen LogP contribution in [0.15, 0.2) is 32.3 Å². The number of hydrogen-bond acceptors (Lipinski definition) is 4. The highest BCUT2D eigenvalue weighted by Crippen LogP contribution is 2.17. The molecule has 0 unspecified atom stereocenters. The maximum atomic E-state index is 10.7. The number of aromatic amines is 1. The Morgan fingerprint density at radius 2 is 2.23 bits per heavy atom. The van der Waals surface area contributed by atoms with E-state index in [1.54, 1.807) is 6.07 Å². The Hall–Kier alpha value is -1.43. The van der Waals surface area contributed by atoms with Crippen molar-refractivity contribution >= 4 is 15.9 Å². The van der Waals surface area contributed by atoms with Crippen LogP contribution >= 0.6 is 15.9 Å². The smallest absolute Gasteiger partial charge is 0.285 e. The second-order valence-corrected chi connectivity index (χ2v) is 2.98. The number of aromatic nitrogens is 3. The molecular weight excluding hydrogens is 238 g/mol. The molecule has 0 radical (unpaired) electrons. The Balaban J connectivity index is 2.47. The molecule has 5 nitrogen and oxygen atoms in total. The Bertz CT molecular complexity index is 456. The van der Waals surface area contributed by atoms with Crippen LogP contribution in [0.1, 0.15) is 0 Å². The average molecular weight is 242 g/mol. The molecule has 6 heteroatoms. The van der Waals surface area contributed by atoms with Gasteiger partial charge in [-0.25, -0.2) is 0 Å². The predicted octanol–water partition coefficient (Wildman–Crippen LogP) is 1.19. The Kier molecular flexibility index (Phi) is 1.97. The van der Waals surface area contributed by atoms with Crippen molar-refractivity contribution in [2.75, 3.05) is 0 Å². The number of pyridine rings is 1. The minimum absolute atomic E-state index is 0.165. The molecule has 0 saturated carbocycles. The first-order chi connectivity index (χ1) is 6.25. The van der Waals surface area contributed by atoms with E-state index in [-0.39, 0.29) is 5.56 Å². The molecule has 0 amide bonds. The SMILES string of the molecule is O=c1ccc(-c2nnc(Br)o2)c[nH]1. The fraction of sp³-hybridized carbons (Fsp3) is 0. The molecule has 0 bridgehead atoms. The first-order valence-electron chi connectivity index (χ1n) is 3.44. The highest BCUT2D eigenvalue weighted by molar-refractivity contribution is 9.10. The third-order valence-corrected chi connectivity index (χ3v) is 1.75. The summed E-state index contributed by atoms with van der Waals surface area (Å²) in [6.45, 7) is 0. The summed E-state index contributed by atoms with van der Waals surface area (Å²) in [5.41, 5.74) is 0.514. The molecule has 13 heavy (non-hydrogen) atoms. The van der Waals surface area contributed by atoms with Crippen molar-refractivity contribution in [1.29, 1.82) is 0 Å². The molecule has 0 atom stereocenters. The van der Waals surface area contributed by atoms with Gasteiger partial charge >= 0.3 is 0 Å². The van der Waals surface area contributed by atoms with Crippen molar-refractivity contribution in [2.45, 2.75) is 0 Å². The molecule has 2 aromatic heterocycles. The lowest BCUT2D eigenvalue weighted by atomic mass is 10.3. The summed E-state index contributed by atoms with van der Waals surface area (Å²) in [5, 5.41) is 7.35. The van der Waals surface area contributed by atoms with Crippen LogP contribution in [-0.2, 0) is 0 Å². The molecule has 0 saturated heterocycles. The van der Waals surface area contributed by atoms with Crippen LogP contribution in [0.4, 0.5) is 0 Å². The van der Waals surface area contributed by atoms with Crippen LogP contribution in [0.25, 0.3) is 11.5 Å². The summed E-state index contributed by atoms with van der Waals surface area (Å²) in [7, 11) is 0. The molecule has 0 aromatic carbocycles. The van der Waals surface area contributed by atoms with Gasteiger partial charge in [-0.05, 0) is 6.07 Å². The van der Waals surface area contributed by atoms with Gasteiger partial charge in [0.2, 0.25) is 11.4 Å². The topological polar surface area (TPSA) is 71.8 Å². The van der Waals surface area contributed by atoms with Crippen LogP contribution in [0, 0.1) is 0 Å². The standard InChI is InChI=1S/C7H4BrN3O2/c8-7-11-10-6(13-7)4-1-2-5(12)9-3-4/h1-3H,(H,9,12). The number of rotatable bonds is 1. The Morgan fingerprint density at radius 3 is 2.77 bits per heavy atom. The van der Waals surface area contributed by atoms with Crippen molar-refractivity contribution in [2.24, 2.45) is 0 Å². The third-order valence-electron chi connectivity index (χ3n) is 1.43. The summed E-state index contributed by atoms with van der Waals surface area (Å²) in [6, 6.07) is 3.01. The maximum Gasteiger partial charge on any atom is 0.285 e. The molecule has 2 rings (SSSR count). The quantitative estimate of drug-likeness (QED) is 0.815. The number of hydrogen-bond donors (Lipinski definition) is 1. The maximum absolute atomic E-state index is 10.7. The first-order valence-corrected chi connectivity index (χ1v) is 4.23. The third kappa shape index (κ3) is 1.67. The van der Waals surface area contributed by atoms with E-state index in [0.29, 0.717) is 16.3 Å². The van der Waals surface area contributed by atoms with E-state index in [4.69, 9.17) is 4.42 Å². The van der Waals surface area contributed by atoms with Gasteiger partial charge in [-0.2, -0.15) is 0 Å². The molecule has 0 spiro atoms. The zero-order valence-corrected chi connectivity index (χ0v) is 7.91. The summed E-state index contributed by atoms with van der Waals surface area (Å²) >= 11 is 3.03. The van der Waals surface area contributed by atoms with Crippen molar-refractivity contribution in [1.82, 2.24) is 15.2 Å². The van der Waals surface area contributed by atoms with Gasteiger partial charge in [0.15, 0.2) is 0 Å². The van der Waals surface area contributed by atoms with Crippen LogP contribution in [0.3, 0.4) is 0 Å². The van der Waals surface area contributed by atoms with Crippen molar-refractivity contribution in [3.05, 3.63) is 33.5 Å². The molecule has 0 fully saturated rings. The summed E-state index contributed by atoms with van der Waals surface area (Å²) in [4.78, 5) is 13.5. The van der Waals surface area contributed by atoms with Crippen LogP contribution in [0.5, 0.6) is 0 Å². The highest BCUT2D eigenvalue weighted by atomic mass is 79.9. The lowest BCUT2D eigenvalue weighted by Crippen LogP contribution is -2.01.